The zero-order valence-corrected chi connectivity index (χ0v) is 20.7. The number of sulfone groups is 1. The number of ether oxygens (including phenoxy) is 2. The molecular formula is C23H27ClN4O6S. The van der Waals surface area contributed by atoms with Gasteiger partial charge in [0.2, 0.25) is 0 Å². The predicted octanol–water partition coefficient (Wildman–Crippen LogP) is 1.79. The Morgan fingerprint density at radius 3 is 2.71 bits per heavy atom. The summed E-state index contributed by atoms with van der Waals surface area (Å²) >= 11 is 6.52. The van der Waals surface area contributed by atoms with E-state index in [1.165, 1.54) is 6.26 Å². The number of aliphatic hydroxyl groups is 2. The standard InChI is InChI=1S/C23H27ClN4O6S/c1-35(31,32)16-6-7-28(10-16)14-4-2-13(3-5-14)21-17(24)9-18-22(26-21)27-23(25-18)34-15-8-19(30)20(11-29)33-12-15/h2-5,9,15-16,19-20,29-30H,6-8,10-12H2,1H3,(H,25,26,27)/t15-,16?,19+,20-/m1/s1. The van der Waals surface area contributed by atoms with Crippen molar-refractivity contribution in [3.05, 3.63) is 35.4 Å². The molecule has 2 fully saturated rings. The fraction of sp³-hybridized carbons (Fsp3) is 0.478. The Morgan fingerprint density at radius 1 is 1.29 bits per heavy atom. The molecule has 10 nitrogen and oxygen atoms in total. The Hall–Kier alpha value is -2.44. The van der Waals surface area contributed by atoms with Crippen LogP contribution in [0.2, 0.25) is 5.02 Å². The molecule has 35 heavy (non-hydrogen) atoms. The number of nitrogens with zero attached hydrogens (tertiary/aromatic N) is 3. The maximum Gasteiger partial charge on any atom is 0.296 e. The van der Waals surface area contributed by atoms with E-state index < -0.39 is 28.1 Å². The lowest BCUT2D eigenvalue weighted by Gasteiger charge is -2.31. The highest BCUT2D eigenvalue weighted by Crippen LogP contribution is 2.32. The number of pyridine rings is 1. The van der Waals surface area contributed by atoms with Crippen LogP contribution in [0.5, 0.6) is 6.01 Å². The highest BCUT2D eigenvalue weighted by molar-refractivity contribution is 7.91. The topological polar surface area (TPSA) is 138 Å². The molecule has 4 heterocycles. The van der Waals surface area contributed by atoms with Gasteiger partial charge in [0.15, 0.2) is 15.5 Å². The molecule has 0 aliphatic carbocycles. The lowest BCUT2D eigenvalue weighted by Crippen LogP contribution is -2.45. The first kappa shape index (κ1) is 24.3. The number of anilines is 1. The van der Waals surface area contributed by atoms with E-state index in [2.05, 4.69) is 19.9 Å². The number of aromatic amines is 1. The second-order valence-electron chi connectivity index (χ2n) is 9.06. The van der Waals surface area contributed by atoms with E-state index in [0.29, 0.717) is 47.8 Å². The zero-order valence-electron chi connectivity index (χ0n) is 19.1. The Labute approximate surface area is 207 Å². The Morgan fingerprint density at radius 2 is 2.06 bits per heavy atom. The van der Waals surface area contributed by atoms with Crippen LogP contribution < -0.4 is 9.64 Å². The smallest absolute Gasteiger partial charge is 0.296 e. The largest absolute Gasteiger partial charge is 0.459 e. The summed E-state index contributed by atoms with van der Waals surface area (Å²) in [6.45, 7) is 1.17. The van der Waals surface area contributed by atoms with Crippen molar-refractivity contribution in [3.63, 3.8) is 0 Å². The van der Waals surface area contributed by atoms with Gasteiger partial charge in [-0.05, 0) is 24.6 Å². The predicted molar refractivity (Wildman–Crippen MR) is 132 cm³/mol. The maximum absolute atomic E-state index is 11.9. The minimum absolute atomic E-state index is 0.229. The fourth-order valence-electron chi connectivity index (χ4n) is 4.54. The number of nitrogens with one attached hydrogen (secondary N) is 1. The molecule has 4 atom stereocenters. The summed E-state index contributed by atoms with van der Waals surface area (Å²) in [4.78, 5) is 14.1. The van der Waals surface area contributed by atoms with Crippen LogP contribution in [-0.4, -0.2) is 89.7 Å². The number of rotatable bonds is 6. The van der Waals surface area contributed by atoms with Gasteiger partial charge in [0, 0.05) is 37.0 Å². The van der Waals surface area contributed by atoms with Gasteiger partial charge in [0.05, 0.1) is 40.8 Å². The van der Waals surface area contributed by atoms with E-state index in [9.17, 15) is 18.6 Å². The number of imidazole rings is 1. The lowest BCUT2D eigenvalue weighted by molar-refractivity contribution is -0.131. The first-order valence-corrected chi connectivity index (χ1v) is 13.7. The summed E-state index contributed by atoms with van der Waals surface area (Å²) in [5.41, 5.74) is 3.38. The highest BCUT2D eigenvalue weighted by Gasteiger charge is 2.32. The second kappa shape index (κ2) is 9.55. The molecule has 0 amide bonds. The number of hydrogen-bond donors (Lipinski definition) is 3. The van der Waals surface area contributed by atoms with Crippen LogP contribution in [0.15, 0.2) is 30.3 Å². The maximum atomic E-state index is 11.9. The molecule has 2 aromatic heterocycles. The van der Waals surface area contributed by atoms with E-state index in [4.69, 9.17) is 21.1 Å². The van der Waals surface area contributed by atoms with Gasteiger partial charge in [0.1, 0.15) is 12.2 Å². The van der Waals surface area contributed by atoms with Gasteiger partial charge >= 0.3 is 0 Å². The van der Waals surface area contributed by atoms with Gasteiger partial charge in [-0.3, -0.25) is 0 Å². The third kappa shape index (κ3) is 5.10. The van der Waals surface area contributed by atoms with E-state index in [0.717, 1.165) is 11.3 Å². The SMILES string of the molecule is CS(=O)(=O)C1CCN(c2ccc(-c3nc4nc(O[C@H]5CO[C@H](CO)[C@@H](O)C5)[nH]c4cc3Cl)cc2)C1. The Balaban J connectivity index is 1.31. The molecule has 2 aliphatic rings. The highest BCUT2D eigenvalue weighted by atomic mass is 35.5. The lowest BCUT2D eigenvalue weighted by atomic mass is 10.0. The molecule has 0 bridgehead atoms. The number of aliphatic hydroxyl groups excluding tert-OH is 2. The van der Waals surface area contributed by atoms with Crippen LogP contribution in [0.25, 0.3) is 22.4 Å². The number of fused-ring (bicyclic) bond motifs is 1. The molecule has 12 heteroatoms. The van der Waals surface area contributed by atoms with Gasteiger partial charge in [-0.15, -0.1) is 0 Å². The van der Waals surface area contributed by atoms with Crippen LogP contribution in [0, 0.1) is 0 Å². The van der Waals surface area contributed by atoms with Crippen molar-refractivity contribution in [1.82, 2.24) is 15.0 Å². The van der Waals surface area contributed by atoms with E-state index in [-0.39, 0.29) is 24.5 Å². The van der Waals surface area contributed by atoms with Crippen molar-refractivity contribution in [2.24, 2.45) is 0 Å². The van der Waals surface area contributed by atoms with E-state index in [1.54, 1.807) is 6.07 Å². The quantitative estimate of drug-likeness (QED) is 0.442. The van der Waals surface area contributed by atoms with Crippen LogP contribution in [0.1, 0.15) is 12.8 Å². The van der Waals surface area contributed by atoms with Crippen molar-refractivity contribution in [2.45, 2.75) is 36.4 Å². The molecule has 1 aromatic carbocycles. The number of benzene rings is 1. The average molecular weight is 523 g/mol. The first-order chi connectivity index (χ1) is 16.7. The van der Waals surface area contributed by atoms with Gasteiger partial charge in [-0.2, -0.15) is 4.98 Å². The van der Waals surface area contributed by atoms with Crippen LogP contribution in [0.4, 0.5) is 5.69 Å². The van der Waals surface area contributed by atoms with Crippen molar-refractivity contribution >= 4 is 38.3 Å². The Bertz CT molecular complexity index is 1320. The summed E-state index contributed by atoms with van der Waals surface area (Å²) < 4.78 is 35.0. The number of hydrogen-bond acceptors (Lipinski definition) is 9. The van der Waals surface area contributed by atoms with Crippen molar-refractivity contribution in [1.29, 1.82) is 0 Å². The number of H-pyrrole nitrogens is 1. The first-order valence-electron chi connectivity index (χ1n) is 11.4. The third-order valence-electron chi connectivity index (χ3n) is 6.55. The molecule has 0 saturated carbocycles. The minimum atomic E-state index is -3.05. The van der Waals surface area contributed by atoms with Crippen LogP contribution in [-0.2, 0) is 14.6 Å². The van der Waals surface area contributed by atoms with Gasteiger partial charge in [-0.25, -0.2) is 13.4 Å². The summed E-state index contributed by atoms with van der Waals surface area (Å²) in [5, 5.41) is 19.3. The second-order valence-corrected chi connectivity index (χ2v) is 11.8. The van der Waals surface area contributed by atoms with E-state index >= 15 is 0 Å². The van der Waals surface area contributed by atoms with Crippen LogP contribution >= 0.6 is 11.6 Å². The molecule has 2 saturated heterocycles. The van der Waals surface area contributed by atoms with Gasteiger partial charge in [-0.1, -0.05) is 23.7 Å². The fourth-order valence-corrected chi connectivity index (χ4v) is 5.79. The normalized spacial score (nSPS) is 25.3. The van der Waals surface area contributed by atoms with Crippen LogP contribution in [0.3, 0.4) is 0 Å². The molecule has 0 spiro atoms. The zero-order chi connectivity index (χ0) is 24.7. The molecule has 5 rings (SSSR count). The molecule has 3 aromatic rings. The molecule has 3 N–H and O–H groups in total. The molecule has 0 radical (unpaired) electrons. The minimum Gasteiger partial charge on any atom is -0.459 e. The van der Waals surface area contributed by atoms with Gasteiger partial charge < -0.3 is 29.6 Å². The molecule has 188 valence electrons. The van der Waals surface area contributed by atoms with Crippen molar-refractivity contribution in [2.75, 3.05) is 37.5 Å². The summed E-state index contributed by atoms with van der Waals surface area (Å²) in [7, 11) is -3.05. The third-order valence-corrected chi connectivity index (χ3v) is 8.43. The van der Waals surface area contributed by atoms with E-state index in [1.807, 2.05) is 24.3 Å². The summed E-state index contributed by atoms with van der Waals surface area (Å²) in [6.07, 6.45) is 0.398. The monoisotopic (exact) mass is 522 g/mol. The molecule has 1 unspecified atom stereocenters. The van der Waals surface area contributed by atoms with Crippen molar-refractivity contribution in [3.8, 4) is 17.3 Å². The molecular weight excluding hydrogens is 496 g/mol. The number of halogens is 1. The summed E-state index contributed by atoms with van der Waals surface area (Å²) in [5.74, 6) is 0. The Kier molecular flexibility index (Phi) is 6.62. The summed E-state index contributed by atoms with van der Waals surface area (Å²) in [6, 6.07) is 9.67. The number of aromatic nitrogens is 3. The molecule has 2 aliphatic heterocycles. The van der Waals surface area contributed by atoms with Crippen molar-refractivity contribution < 1.29 is 28.1 Å². The van der Waals surface area contributed by atoms with Gasteiger partial charge in [0.25, 0.3) is 6.01 Å². The average Bonchev–Trinajstić information content (AvgIpc) is 3.46.